The largest absolute Gasteiger partial charge is 0.437 e. The van der Waals surface area contributed by atoms with Crippen molar-refractivity contribution in [1.29, 1.82) is 0 Å². The smallest absolute Gasteiger partial charge is 0.223 e. The molecule has 2 aromatic carbocycles. The number of halogens is 2. The molecule has 3 rings (SSSR count). The lowest BCUT2D eigenvalue weighted by molar-refractivity contribution is 0.447. The van der Waals surface area contributed by atoms with Gasteiger partial charge in [0.25, 0.3) is 0 Å². The summed E-state index contributed by atoms with van der Waals surface area (Å²) in [5.41, 5.74) is 1.81. The Balaban J connectivity index is 1.89. The SMILES string of the molecule is CC(C)(C)c1cc(Oc2ccccc2Cl)nc(SCc2ccccc2Cl)n1. The average molecular weight is 419 g/mol. The third kappa shape index (κ3) is 5.38. The molecule has 0 radical (unpaired) electrons. The molecule has 140 valence electrons. The molecule has 0 atom stereocenters. The van der Waals surface area contributed by atoms with Gasteiger partial charge in [0.2, 0.25) is 5.88 Å². The number of hydrogen-bond acceptors (Lipinski definition) is 4. The van der Waals surface area contributed by atoms with Crippen molar-refractivity contribution in [2.45, 2.75) is 37.1 Å². The van der Waals surface area contributed by atoms with Crippen LogP contribution in [-0.4, -0.2) is 9.97 Å². The highest BCUT2D eigenvalue weighted by Gasteiger charge is 2.19. The molecule has 1 heterocycles. The van der Waals surface area contributed by atoms with Crippen LogP contribution in [0, 0.1) is 0 Å². The molecule has 0 saturated heterocycles. The highest BCUT2D eigenvalue weighted by atomic mass is 35.5. The summed E-state index contributed by atoms with van der Waals surface area (Å²) in [6.45, 7) is 6.32. The van der Waals surface area contributed by atoms with Crippen molar-refractivity contribution in [3.05, 3.63) is 75.9 Å². The van der Waals surface area contributed by atoms with Gasteiger partial charge in [-0.1, -0.05) is 86.1 Å². The zero-order valence-electron chi connectivity index (χ0n) is 15.4. The van der Waals surface area contributed by atoms with Crippen molar-refractivity contribution in [3.8, 4) is 11.6 Å². The first-order valence-electron chi connectivity index (χ1n) is 8.51. The van der Waals surface area contributed by atoms with E-state index in [0.717, 1.165) is 16.3 Å². The molecule has 0 spiro atoms. The molecule has 0 saturated carbocycles. The summed E-state index contributed by atoms with van der Waals surface area (Å²) in [5.74, 6) is 1.73. The fraction of sp³-hybridized carbons (Fsp3) is 0.238. The second-order valence-electron chi connectivity index (χ2n) is 7.04. The fourth-order valence-corrected chi connectivity index (χ4v) is 3.61. The standard InChI is InChI=1S/C21H20Cl2N2OS/c1-21(2,3)18-12-19(26-17-11-7-6-10-16(17)23)25-20(24-18)27-13-14-8-4-5-9-15(14)22/h4-12H,13H2,1-3H3. The van der Waals surface area contributed by atoms with E-state index in [4.69, 9.17) is 32.9 Å². The van der Waals surface area contributed by atoms with Crippen molar-refractivity contribution < 1.29 is 4.74 Å². The Morgan fingerprint density at radius 1 is 0.926 bits per heavy atom. The van der Waals surface area contributed by atoms with E-state index in [1.165, 1.54) is 11.8 Å². The quantitative estimate of drug-likeness (QED) is 0.325. The van der Waals surface area contributed by atoms with Crippen LogP contribution in [0.15, 0.2) is 59.8 Å². The van der Waals surface area contributed by atoms with Crippen molar-refractivity contribution in [1.82, 2.24) is 9.97 Å². The first kappa shape index (κ1) is 20.0. The van der Waals surface area contributed by atoms with Gasteiger partial charge < -0.3 is 4.74 Å². The van der Waals surface area contributed by atoms with Gasteiger partial charge in [0.05, 0.1) is 10.7 Å². The summed E-state index contributed by atoms with van der Waals surface area (Å²) < 4.78 is 5.94. The van der Waals surface area contributed by atoms with E-state index in [-0.39, 0.29) is 5.41 Å². The second kappa shape index (κ2) is 8.51. The van der Waals surface area contributed by atoms with Gasteiger partial charge in [-0.05, 0) is 23.8 Å². The van der Waals surface area contributed by atoms with Gasteiger partial charge in [0, 0.05) is 22.3 Å². The Morgan fingerprint density at radius 2 is 1.59 bits per heavy atom. The third-order valence-electron chi connectivity index (χ3n) is 3.82. The summed E-state index contributed by atoms with van der Waals surface area (Å²) >= 11 is 14.0. The Kier molecular flexibility index (Phi) is 6.30. The number of para-hydroxylation sites is 1. The summed E-state index contributed by atoms with van der Waals surface area (Å²) in [6, 6.07) is 17.0. The van der Waals surface area contributed by atoms with E-state index < -0.39 is 0 Å². The van der Waals surface area contributed by atoms with E-state index in [1.54, 1.807) is 6.07 Å². The van der Waals surface area contributed by atoms with Gasteiger partial charge >= 0.3 is 0 Å². The molecule has 0 bridgehead atoms. The topological polar surface area (TPSA) is 35.0 Å². The number of nitrogens with zero attached hydrogens (tertiary/aromatic N) is 2. The summed E-state index contributed by atoms with van der Waals surface area (Å²) in [5, 5.41) is 1.92. The molecule has 0 fully saturated rings. The molecule has 0 aliphatic heterocycles. The minimum atomic E-state index is -0.138. The Labute approximate surface area is 174 Å². The maximum atomic E-state index is 6.26. The molecule has 3 aromatic rings. The molecule has 0 aliphatic carbocycles. The number of hydrogen-bond donors (Lipinski definition) is 0. The highest BCUT2D eigenvalue weighted by Crippen LogP contribution is 2.33. The molecule has 0 amide bonds. The van der Waals surface area contributed by atoms with Gasteiger partial charge in [0.1, 0.15) is 5.75 Å². The normalized spacial score (nSPS) is 11.4. The zero-order chi connectivity index (χ0) is 19.4. The van der Waals surface area contributed by atoms with Crippen LogP contribution < -0.4 is 4.74 Å². The monoisotopic (exact) mass is 418 g/mol. The maximum Gasteiger partial charge on any atom is 0.223 e. The predicted octanol–water partition coefficient (Wildman–Crippen LogP) is 7.17. The van der Waals surface area contributed by atoms with Crippen LogP contribution in [0.1, 0.15) is 32.0 Å². The Hall–Kier alpha value is -1.75. The van der Waals surface area contributed by atoms with E-state index in [0.29, 0.717) is 27.6 Å². The van der Waals surface area contributed by atoms with E-state index >= 15 is 0 Å². The van der Waals surface area contributed by atoms with Crippen molar-refractivity contribution >= 4 is 35.0 Å². The summed E-state index contributed by atoms with van der Waals surface area (Å²) in [4.78, 5) is 9.27. The highest BCUT2D eigenvalue weighted by molar-refractivity contribution is 7.98. The lowest BCUT2D eigenvalue weighted by Crippen LogP contribution is -2.14. The lowest BCUT2D eigenvalue weighted by atomic mass is 9.92. The molecule has 0 aliphatic rings. The molecule has 0 unspecified atom stereocenters. The van der Waals surface area contributed by atoms with Crippen LogP contribution >= 0.6 is 35.0 Å². The predicted molar refractivity (Wildman–Crippen MR) is 113 cm³/mol. The van der Waals surface area contributed by atoms with Crippen molar-refractivity contribution in [2.75, 3.05) is 0 Å². The maximum absolute atomic E-state index is 6.26. The van der Waals surface area contributed by atoms with Crippen LogP contribution in [0.5, 0.6) is 11.6 Å². The molecule has 3 nitrogen and oxygen atoms in total. The van der Waals surface area contributed by atoms with Crippen LogP contribution in [0.4, 0.5) is 0 Å². The third-order valence-corrected chi connectivity index (χ3v) is 5.39. The van der Waals surface area contributed by atoms with Crippen LogP contribution in [-0.2, 0) is 11.2 Å². The number of rotatable bonds is 5. The van der Waals surface area contributed by atoms with Crippen molar-refractivity contribution in [3.63, 3.8) is 0 Å². The first-order valence-corrected chi connectivity index (χ1v) is 10.3. The minimum Gasteiger partial charge on any atom is -0.437 e. The van der Waals surface area contributed by atoms with E-state index in [1.807, 2.05) is 48.5 Å². The summed E-state index contributed by atoms with van der Waals surface area (Å²) in [7, 11) is 0. The van der Waals surface area contributed by atoms with Gasteiger partial charge in [-0.15, -0.1) is 0 Å². The fourth-order valence-electron chi connectivity index (χ4n) is 2.30. The van der Waals surface area contributed by atoms with E-state index in [9.17, 15) is 0 Å². The van der Waals surface area contributed by atoms with Gasteiger partial charge in [-0.3, -0.25) is 0 Å². The van der Waals surface area contributed by atoms with Gasteiger partial charge in [-0.2, -0.15) is 4.98 Å². The lowest BCUT2D eigenvalue weighted by Gasteiger charge is -2.19. The minimum absolute atomic E-state index is 0.138. The Bertz CT molecular complexity index is 941. The van der Waals surface area contributed by atoms with Crippen LogP contribution in [0.25, 0.3) is 0 Å². The van der Waals surface area contributed by atoms with Crippen LogP contribution in [0.3, 0.4) is 0 Å². The summed E-state index contributed by atoms with van der Waals surface area (Å²) in [6.07, 6.45) is 0. The van der Waals surface area contributed by atoms with Gasteiger partial charge in [-0.25, -0.2) is 4.98 Å². The molecule has 1 aromatic heterocycles. The van der Waals surface area contributed by atoms with Crippen LogP contribution in [0.2, 0.25) is 10.0 Å². The molecular weight excluding hydrogens is 399 g/mol. The molecular formula is C21H20Cl2N2OS. The number of benzene rings is 2. The molecule has 6 heteroatoms. The Morgan fingerprint density at radius 3 is 2.26 bits per heavy atom. The molecule has 27 heavy (non-hydrogen) atoms. The van der Waals surface area contributed by atoms with E-state index in [2.05, 4.69) is 25.8 Å². The number of thioether (sulfide) groups is 1. The second-order valence-corrected chi connectivity index (χ2v) is 8.79. The zero-order valence-corrected chi connectivity index (χ0v) is 17.7. The van der Waals surface area contributed by atoms with Gasteiger partial charge in [0.15, 0.2) is 5.16 Å². The number of aromatic nitrogens is 2. The first-order chi connectivity index (χ1) is 12.8. The molecule has 0 N–H and O–H groups in total. The average Bonchev–Trinajstić information content (AvgIpc) is 2.62. The number of ether oxygens (including phenoxy) is 1. The van der Waals surface area contributed by atoms with Crippen molar-refractivity contribution in [2.24, 2.45) is 0 Å².